The Morgan fingerprint density at radius 3 is 2.48 bits per heavy atom. The van der Waals surface area contributed by atoms with E-state index < -0.39 is 0 Å². The highest BCUT2D eigenvalue weighted by Crippen LogP contribution is 2.24. The van der Waals surface area contributed by atoms with E-state index in [1.807, 2.05) is 67.7 Å². The number of nitrogens with zero attached hydrogens (tertiary/aromatic N) is 1. The molecular weight excluding hydrogens is 304 g/mol. The third-order valence-electron chi connectivity index (χ3n) is 3.21. The molecule has 0 atom stereocenters. The van der Waals surface area contributed by atoms with Gasteiger partial charge in [0, 0.05) is 16.8 Å². The second-order valence-corrected chi connectivity index (χ2v) is 6.04. The lowest BCUT2D eigenvalue weighted by Crippen LogP contribution is -2.05. The molecular formula is C19H18N2OS. The van der Waals surface area contributed by atoms with E-state index in [-0.39, 0.29) is 0 Å². The van der Waals surface area contributed by atoms with Crippen molar-refractivity contribution in [3.8, 4) is 11.5 Å². The lowest BCUT2D eigenvalue weighted by Gasteiger charge is -2.08. The van der Waals surface area contributed by atoms with Gasteiger partial charge in [0.2, 0.25) is 0 Å². The van der Waals surface area contributed by atoms with Crippen LogP contribution in [0, 0.1) is 0 Å². The summed E-state index contributed by atoms with van der Waals surface area (Å²) in [5.74, 6) is 1.67. The second kappa shape index (κ2) is 7.70. The summed E-state index contributed by atoms with van der Waals surface area (Å²) in [4.78, 5) is 5.47. The molecule has 0 radical (unpaired) electrons. The molecule has 3 rings (SSSR count). The molecule has 1 N–H and O–H groups in total. The Bertz CT molecular complexity index is 734. The first-order chi connectivity index (χ1) is 11.3. The van der Waals surface area contributed by atoms with Crippen molar-refractivity contribution >= 4 is 18.2 Å². The Kier molecular flexibility index (Phi) is 5.17. The van der Waals surface area contributed by atoms with Crippen LogP contribution in [0.5, 0.6) is 11.5 Å². The highest BCUT2D eigenvalue weighted by atomic mass is 32.2. The quantitative estimate of drug-likeness (QED) is 0.787. The molecule has 0 unspecified atom stereocenters. The van der Waals surface area contributed by atoms with E-state index in [9.17, 15) is 0 Å². The summed E-state index contributed by atoms with van der Waals surface area (Å²) in [6.07, 6.45) is 6.03. The van der Waals surface area contributed by atoms with Gasteiger partial charge in [0.15, 0.2) is 0 Å². The van der Waals surface area contributed by atoms with Crippen molar-refractivity contribution in [3.63, 3.8) is 0 Å². The van der Waals surface area contributed by atoms with Crippen molar-refractivity contribution in [1.29, 1.82) is 0 Å². The highest BCUT2D eigenvalue weighted by molar-refractivity contribution is 7.97. The average Bonchev–Trinajstić information content (AvgIpc) is 2.80. The molecule has 0 saturated heterocycles. The van der Waals surface area contributed by atoms with Crippen LogP contribution in [0.25, 0.3) is 0 Å². The molecule has 0 spiro atoms. The van der Waals surface area contributed by atoms with E-state index in [4.69, 9.17) is 4.74 Å². The third-order valence-corrected chi connectivity index (χ3v) is 4.08. The van der Waals surface area contributed by atoms with Gasteiger partial charge in [-0.3, -0.25) is 4.99 Å². The number of nitrogens with one attached hydrogen (secondary N) is 1. The van der Waals surface area contributed by atoms with Crippen molar-refractivity contribution in [3.05, 3.63) is 78.0 Å². The fraction of sp³-hybridized carbons (Fsp3) is 0.105. The van der Waals surface area contributed by atoms with Gasteiger partial charge in [-0.2, -0.15) is 0 Å². The van der Waals surface area contributed by atoms with E-state index in [0.717, 1.165) is 27.7 Å². The van der Waals surface area contributed by atoms with Crippen molar-refractivity contribution in [2.24, 2.45) is 4.99 Å². The van der Waals surface area contributed by atoms with E-state index in [1.54, 1.807) is 11.9 Å². The van der Waals surface area contributed by atoms with Crippen LogP contribution in [0.3, 0.4) is 0 Å². The molecule has 0 aliphatic carbocycles. The van der Waals surface area contributed by atoms with Crippen LogP contribution in [-0.2, 0) is 0 Å². The minimum Gasteiger partial charge on any atom is -0.457 e. The lowest BCUT2D eigenvalue weighted by atomic mass is 10.3. The van der Waals surface area contributed by atoms with Gasteiger partial charge in [-0.25, -0.2) is 0 Å². The van der Waals surface area contributed by atoms with Crippen LogP contribution in [-0.4, -0.2) is 12.8 Å². The van der Waals surface area contributed by atoms with Crippen LogP contribution in [0.2, 0.25) is 0 Å². The van der Waals surface area contributed by atoms with Gasteiger partial charge in [0.05, 0.1) is 6.54 Å². The first-order valence-electron chi connectivity index (χ1n) is 7.43. The topological polar surface area (TPSA) is 33.6 Å². The summed E-state index contributed by atoms with van der Waals surface area (Å²) in [5, 5.41) is 0. The number of benzene rings is 2. The number of para-hydroxylation sites is 1. The fourth-order valence-corrected chi connectivity index (χ4v) is 2.66. The van der Waals surface area contributed by atoms with Crippen LogP contribution in [0.4, 0.5) is 0 Å². The van der Waals surface area contributed by atoms with Gasteiger partial charge < -0.3 is 9.46 Å². The van der Waals surface area contributed by atoms with E-state index in [2.05, 4.69) is 21.9 Å². The molecule has 2 aromatic carbocycles. The van der Waals surface area contributed by atoms with Crippen molar-refractivity contribution < 1.29 is 4.74 Å². The maximum absolute atomic E-state index is 5.79. The average molecular weight is 322 g/mol. The highest BCUT2D eigenvalue weighted by Gasteiger charge is 2.01. The molecule has 4 heteroatoms. The molecule has 0 aromatic heterocycles. The van der Waals surface area contributed by atoms with Crippen molar-refractivity contribution in [2.45, 2.75) is 11.8 Å². The summed E-state index contributed by atoms with van der Waals surface area (Å²) >= 11 is 1.58. The summed E-state index contributed by atoms with van der Waals surface area (Å²) in [7, 11) is 0. The van der Waals surface area contributed by atoms with Crippen molar-refractivity contribution in [2.75, 3.05) is 6.54 Å². The van der Waals surface area contributed by atoms with E-state index in [1.165, 1.54) is 0 Å². The zero-order valence-corrected chi connectivity index (χ0v) is 13.7. The first-order valence-corrected chi connectivity index (χ1v) is 8.24. The summed E-state index contributed by atoms with van der Waals surface area (Å²) in [6.45, 7) is 2.72. The van der Waals surface area contributed by atoms with Crippen molar-refractivity contribution in [1.82, 2.24) is 4.72 Å². The van der Waals surface area contributed by atoms with E-state index >= 15 is 0 Å². The molecule has 1 aliphatic heterocycles. The number of ether oxygens (including phenoxy) is 1. The molecule has 2 aromatic rings. The second-order valence-electron chi connectivity index (χ2n) is 5.16. The Morgan fingerprint density at radius 1 is 0.957 bits per heavy atom. The molecule has 0 amide bonds. The zero-order chi connectivity index (χ0) is 15.9. The SMILES string of the molecule is CC1=CC=C(NSc2ccc(Oc3ccccc3)cc2)CN=C1. The summed E-state index contributed by atoms with van der Waals surface area (Å²) in [6, 6.07) is 17.8. The smallest absolute Gasteiger partial charge is 0.127 e. The number of rotatable bonds is 5. The Hall–Kier alpha value is -2.46. The number of aliphatic imine (C=N–C) groups is 1. The Labute approximate surface area is 140 Å². The Morgan fingerprint density at radius 2 is 1.70 bits per heavy atom. The molecule has 0 fully saturated rings. The van der Waals surface area contributed by atoms with Crippen LogP contribution >= 0.6 is 11.9 Å². The van der Waals surface area contributed by atoms with Gasteiger partial charge in [-0.05, 0) is 66.9 Å². The van der Waals surface area contributed by atoms with Gasteiger partial charge in [-0.15, -0.1) is 0 Å². The van der Waals surface area contributed by atoms with Gasteiger partial charge in [-0.1, -0.05) is 24.3 Å². The molecule has 116 valence electrons. The lowest BCUT2D eigenvalue weighted by molar-refractivity contribution is 0.482. The van der Waals surface area contributed by atoms with Gasteiger partial charge in [0.25, 0.3) is 0 Å². The first kappa shape index (κ1) is 15.4. The van der Waals surface area contributed by atoms with Crippen LogP contribution in [0.15, 0.2) is 87.9 Å². The predicted octanol–water partition coefficient (Wildman–Crippen LogP) is 4.99. The standard InChI is InChI=1S/C19H18N2OS/c1-15-7-8-16(14-20-13-15)21-23-19-11-9-18(10-12-19)22-17-5-3-2-4-6-17/h2-13,21H,14H2,1H3. The zero-order valence-electron chi connectivity index (χ0n) is 12.9. The maximum Gasteiger partial charge on any atom is 0.127 e. The molecule has 23 heavy (non-hydrogen) atoms. The molecule has 0 bridgehead atoms. The monoisotopic (exact) mass is 322 g/mol. The Balaban J connectivity index is 1.57. The van der Waals surface area contributed by atoms with Gasteiger partial charge in [0.1, 0.15) is 11.5 Å². The van der Waals surface area contributed by atoms with Crippen LogP contribution in [0.1, 0.15) is 6.92 Å². The predicted molar refractivity (Wildman–Crippen MR) is 97.1 cm³/mol. The molecule has 1 aliphatic rings. The van der Waals surface area contributed by atoms with Crippen LogP contribution < -0.4 is 9.46 Å². The van der Waals surface area contributed by atoms with Gasteiger partial charge >= 0.3 is 0 Å². The maximum atomic E-state index is 5.79. The summed E-state index contributed by atoms with van der Waals surface area (Å²) < 4.78 is 9.13. The largest absolute Gasteiger partial charge is 0.457 e. The van der Waals surface area contributed by atoms with E-state index in [0.29, 0.717) is 6.54 Å². The molecule has 1 heterocycles. The molecule has 3 nitrogen and oxygen atoms in total. The minimum atomic E-state index is 0.677. The number of allylic oxidation sites excluding steroid dienone is 3. The number of hydrogen-bond donors (Lipinski definition) is 1. The minimum absolute atomic E-state index is 0.677. The molecule has 0 saturated carbocycles. The number of hydrogen-bond acceptors (Lipinski definition) is 4. The summed E-state index contributed by atoms with van der Waals surface area (Å²) in [5.41, 5.74) is 2.25. The normalized spacial score (nSPS) is 13.8. The fourth-order valence-electron chi connectivity index (χ4n) is 2.01. The third kappa shape index (κ3) is 4.76.